The van der Waals surface area contributed by atoms with Crippen LogP contribution in [-0.4, -0.2) is 15.7 Å². The van der Waals surface area contributed by atoms with E-state index in [4.69, 9.17) is 5.73 Å². The normalized spacial score (nSPS) is 14.6. The molecule has 4 nitrogen and oxygen atoms in total. The third-order valence-corrected chi connectivity index (χ3v) is 5.82. The van der Waals surface area contributed by atoms with Gasteiger partial charge in [0.15, 0.2) is 0 Å². The number of halogens is 3. The van der Waals surface area contributed by atoms with E-state index in [1.54, 1.807) is 12.3 Å². The first-order valence-electron chi connectivity index (χ1n) is 10.6. The van der Waals surface area contributed by atoms with Gasteiger partial charge in [-0.25, -0.2) is 0 Å². The van der Waals surface area contributed by atoms with E-state index in [0.717, 1.165) is 35.5 Å². The lowest BCUT2D eigenvalue weighted by Crippen LogP contribution is -2.23. The number of aromatic nitrogens is 2. The molecule has 4 rings (SSSR count). The molecule has 0 unspecified atom stereocenters. The molecular formula is C25H26F3N3O. The van der Waals surface area contributed by atoms with E-state index in [9.17, 15) is 18.0 Å². The second kappa shape index (κ2) is 7.80. The minimum atomic E-state index is -4.41. The molecule has 0 bridgehead atoms. The van der Waals surface area contributed by atoms with E-state index in [1.807, 2.05) is 37.6 Å². The summed E-state index contributed by atoms with van der Waals surface area (Å²) in [6.45, 7) is 6.83. The highest BCUT2D eigenvalue weighted by molar-refractivity contribution is 5.98. The lowest BCUT2D eigenvalue weighted by Gasteiger charge is -2.27. The van der Waals surface area contributed by atoms with Gasteiger partial charge in [-0.05, 0) is 71.2 Å². The summed E-state index contributed by atoms with van der Waals surface area (Å²) >= 11 is 0. The summed E-state index contributed by atoms with van der Waals surface area (Å²) in [7, 11) is 0. The predicted molar refractivity (Wildman–Crippen MR) is 118 cm³/mol. The lowest BCUT2D eigenvalue weighted by atomic mass is 9.78. The molecular weight excluding hydrogens is 415 g/mol. The zero-order valence-corrected chi connectivity index (χ0v) is 18.3. The molecule has 1 saturated carbocycles. The average Bonchev–Trinajstić information content (AvgIpc) is 3.40. The average molecular weight is 441 g/mol. The van der Waals surface area contributed by atoms with Crippen LogP contribution in [0.4, 0.5) is 13.2 Å². The van der Waals surface area contributed by atoms with E-state index < -0.39 is 23.1 Å². The van der Waals surface area contributed by atoms with Crippen LogP contribution < -0.4 is 5.73 Å². The van der Waals surface area contributed by atoms with Gasteiger partial charge in [0.25, 0.3) is 0 Å². The van der Waals surface area contributed by atoms with Gasteiger partial charge >= 0.3 is 6.18 Å². The van der Waals surface area contributed by atoms with Gasteiger partial charge < -0.3 is 5.73 Å². The molecule has 0 spiro atoms. The number of alkyl halides is 3. The number of amides is 1. The van der Waals surface area contributed by atoms with Crippen molar-refractivity contribution in [3.63, 3.8) is 0 Å². The maximum absolute atomic E-state index is 13.0. The number of nitrogens with two attached hydrogens (primary N) is 1. The number of nitrogens with zero attached hydrogens (tertiary/aromatic N) is 2. The molecule has 1 aromatic heterocycles. The Labute approximate surface area is 185 Å². The van der Waals surface area contributed by atoms with Gasteiger partial charge in [-0.1, -0.05) is 32.9 Å². The van der Waals surface area contributed by atoms with Gasteiger partial charge in [-0.2, -0.15) is 18.3 Å². The van der Waals surface area contributed by atoms with E-state index in [1.165, 1.54) is 25.0 Å². The van der Waals surface area contributed by atoms with Crippen molar-refractivity contribution in [2.75, 3.05) is 0 Å². The molecule has 168 valence electrons. The van der Waals surface area contributed by atoms with Crippen LogP contribution in [-0.2, 0) is 18.1 Å². The number of rotatable bonds is 5. The number of carbonyl (C=O) groups is 1. The minimum absolute atomic E-state index is 0.365. The number of primary amides is 1. The Morgan fingerprint density at radius 1 is 1.06 bits per heavy atom. The van der Waals surface area contributed by atoms with Crippen molar-refractivity contribution in [3.05, 3.63) is 65.4 Å². The van der Waals surface area contributed by atoms with Crippen molar-refractivity contribution in [3.8, 4) is 22.4 Å². The Morgan fingerprint density at radius 3 is 2.25 bits per heavy atom. The fraction of sp³-hybridized carbons (Fsp3) is 0.360. The van der Waals surface area contributed by atoms with E-state index in [2.05, 4.69) is 5.10 Å². The smallest absolute Gasteiger partial charge is 0.366 e. The molecule has 2 N–H and O–H groups in total. The zero-order chi connectivity index (χ0) is 23.3. The maximum Gasteiger partial charge on any atom is 0.416 e. The second-order valence-corrected chi connectivity index (χ2v) is 9.48. The van der Waals surface area contributed by atoms with Crippen molar-refractivity contribution in [2.24, 2.45) is 11.7 Å². The van der Waals surface area contributed by atoms with Crippen molar-refractivity contribution in [2.45, 2.75) is 51.7 Å². The Hall–Kier alpha value is -3.09. The van der Waals surface area contributed by atoms with E-state index in [0.29, 0.717) is 22.6 Å². The Morgan fingerprint density at radius 2 is 1.72 bits per heavy atom. The molecule has 1 aliphatic rings. The third kappa shape index (κ3) is 4.42. The van der Waals surface area contributed by atoms with Gasteiger partial charge in [0.2, 0.25) is 5.91 Å². The highest BCUT2D eigenvalue weighted by atomic mass is 19.4. The summed E-state index contributed by atoms with van der Waals surface area (Å²) in [4.78, 5) is 12.5. The molecule has 1 fully saturated rings. The van der Waals surface area contributed by atoms with Crippen LogP contribution in [0.3, 0.4) is 0 Å². The fourth-order valence-corrected chi connectivity index (χ4v) is 4.12. The molecule has 7 heteroatoms. The molecule has 1 aliphatic carbocycles. The van der Waals surface area contributed by atoms with Crippen LogP contribution in [0.5, 0.6) is 0 Å². The number of hydrogen-bond donors (Lipinski definition) is 1. The second-order valence-electron chi connectivity index (χ2n) is 9.48. The zero-order valence-electron chi connectivity index (χ0n) is 18.3. The molecule has 32 heavy (non-hydrogen) atoms. The van der Waals surface area contributed by atoms with Crippen LogP contribution >= 0.6 is 0 Å². The van der Waals surface area contributed by atoms with Crippen molar-refractivity contribution in [1.82, 2.24) is 9.78 Å². The summed E-state index contributed by atoms with van der Waals surface area (Å²) < 4.78 is 41.0. The Bertz CT molecular complexity index is 1150. The standard InChI is InChI=1S/C25H26F3N3O/c1-24(2,3)22-19(21-10-11-30-31(21)14-15-4-5-15)12-17(13-20(22)23(29)32)16-6-8-18(9-7-16)25(26,27)28/h6-13,15H,4-5,14H2,1-3H3,(H2,29,32). The van der Waals surface area contributed by atoms with Gasteiger partial charge in [0.05, 0.1) is 11.3 Å². The van der Waals surface area contributed by atoms with Crippen LogP contribution in [0.15, 0.2) is 48.7 Å². The van der Waals surface area contributed by atoms with Gasteiger partial charge in [-0.3, -0.25) is 9.48 Å². The summed E-state index contributed by atoms with van der Waals surface area (Å²) in [6.07, 6.45) is -0.334. The molecule has 0 saturated heterocycles. The first kappa shape index (κ1) is 22.1. The van der Waals surface area contributed by atoms with Gasteiger partial charge in [0, 0.05) is 23.9 Å². The highest BCUT2D eigenvalue weighted by Gasteiger charge is 2.31. The molecule has 0 radical (unpaired) electrons. The fourth-order valence-electron chi connectivity index (χ4n) is 4.12. The van der Waals surface area contributed by atoms with Gasteiger partial charge in [0.1, 0.15) is 0 Å². The SMILES string of the molecule is CC(C)(C)c1c(C(N)=O)cc(-c2ccc(C(F)(F)F)cc2)cc1-c1ccnn1CC1CC1. The molecule has 0 aliphatic heterocycles. The monoisotopic (exact) mass is 441 g/mol. The van der Waals surface area contributed by atoms with Crippen molar-refractivity contribution < 1.29 is 18.0 Å². The van der Waals surface area contributed by atoms with Gasteiger partial charge in [-0.15, -0.1) is 0 Å². The number of hydrogen-bond acceptors (Lipinski definition) is 2. The highest BCUT2D eigenvalue weighted by Crippen LogP contribution is 2.40. The van der Waals surface area contributed by atoms with Crippen LogP contribution in [0.25, 0.3) is 22.4 Å². The van der Waals surface area contributed by atoms with Crippen LogP contribution in [0.1, 0.15) is 55.1 Å². The topological polar surface area (TPSA) is 60.9 Å². The Balaban J connectivity index is 1.92. The summed E-state index contributed by atoms with van der Waals surface area (Å²) in [6, 6.07) is 10.5. The lowest BCUT2D eigenvalue weighted by molar-refractivity contribution is -0.137. The quantitative estimate of drug-likeness (QED) is 0.525. The van der Waals surface area contributed by atoms with E-state index in [-0.39, 0.29) is 0 Å². The molecule has 0 atom stereocenters. The first-order valence-corrected chi connectivity index (χ1v) is 10.6. The summed E-state index contributed by atoms with van der Waals surface area (Å²) in [5.41, 5.74) is 8.74. The van der Waals surface area contributed by atoms with Crippen molar-refractivity contribution in [1.29, 1.82) is 0 Å². The summed E-state index contributed by atoms with van der Waals surface area (Å²) in [5, 5.41) is 4.49. The number of benzene rings is 2. The summed E-state index contributed by atoms with van der Waals surface area (Å²) in [5.74, 6) is 0.0265. The predicted octanol–water partition coefficient (Wildman–Crippen LogP) is 6.04. The first-order chi connectivity index (χ1) is 14.9. The minimum Gasteiger partial charge on any atom is -0.366 e. The molecule has 2 aromatic carbocycles. The largest absolute Gasteiger partial charge is 0.416 e. The molecule has 1 amide bonds. The van der Waals surface area contributed by atoms with Crippen LogP contribution in [0, 0.1) is 5.92 Å². The molecule has 1 heterocycles. The van der Waals surface area contributed by atoms with Crippen LogP contribution in [0.2, 0.25) is 0 Å². The number of carbonyl (C=O) groups excluding carboxylic acids is 1. The Kier molecular flexibility index (Phi) is 5.39. The molecule has 3 aromatic rings. The maximum atomic E-state index is 13.0. The van der Waals surface area contributed by atoms with E-state index >= 15 is 0 Å². The van der Waals surface area contributed by atoms with Crippen molar-refractivity contribution >= 4 is 5.91 Å². The third-order valence-electron chi connectivity index (χ3n) is 5.82.